The van der Waals surface area contributed by atoms with Gasteiger partial charge >= 0.3 is 5.97 Å². The highest BCUT2D eigenvalue weighted by molar-refractivity contribution is 5.96. The number of rotatable bonds is 2. The molecule has 0 atom stereocenters. The molecule has 0 aliphatic carbocycles. The van der Waals surface area contributed by atoms with E-state index in [1.54, 1.807) is 17.7 Å². The number of carboxylic acid groups (broad SMARTS) is 1. The molecule has 0 amide bonds. The molecule has 6 heteroatoms. The molecule has 0 fully saturated rings. The normalized spacial score (nSPS) is 11.2. The van der Waals surface area contributed by atoms with Crippen LogP contribution in [0.5, 0.6) is 0 Å². The molecule has 0 saturated heterocycles. The molecule has 0 aliphatic rings. The van der Waals surface area contributed by atoms with E-state index in [4.69, 9.17) is 5.11 Å². The first-order valence-electron chi connectivity index (χ1n) is 5.99. The van der Waals surface area contributed by atoms with E-state index in [1.807, 2.05) is 13.2 Å². The number of fused-ring (bicyclic) bond motifs is 1. The molecule has 0 bridgehead atoms. The first kappa shape index (κ1) is 12.4. The fourth-order valence-electron chi connectivity index (χ4n) is 2.36. The van der Waals surface area contributed by atoms with Gasteiger partial charge in [-0.15, -0.1) is 0 Å². The lowest BCUT2D eigenvalue weighted by Crippen LogP contribution is -2.04. The molecule has 0 saturated carbocycles. The van der Waals surface area contributed by atoms with Crippen LogP contribution in [0.25, 0.3) is 22.2 Å². The zero-order chi connectivity index (χ0) is 14.4. The first-order valence-corrected chi connectivity index (χ1v) is 5.99. The molecule has 102 valence electrons. The Morgan fingerprint density at radius 1 is 1.30 bits per heavy atom. The second kappa shape index (κ2) is 4.19. The molecule has 5 nitrogen and oxygen atoms in total. The maximum Gasteiger partial charge on any atom is 0.354 e. The van der Waals surface area contributed by atoms with Crippen LogP contribution < -0.4 is 0 Å². The van der Waals surface area contributed by atoms with Gasteiger partial charge in [0.15, 0.2) is 0 Å². The van der Waals surface area contributed by atoms with Crippen molar-refractivity contribution in [3.63, 3.8) is 0 Å². The van der Waals surface area contributed by atoms with Crippen molar-refractivity contribution in [1.82, 2.24) is 14.3 Å². The Morgan fingerprint density at radius 3 is 2.70 bits per heavy atom. The summed E-state index contributed by atoms with van der Waals surface area (Å²) in [5, 5.41) is 14.1. The molecule has 0 spiro atoms. The zero-order valence-electron chi connectivity index (χ0n) is 11.0. The molecule has 1 aromatic carbocycles. The Kier molecular flexibility index (Phi) is 2.60. The second-order valence-electron chi connectivity index (χ2n) is 4.66. The Bertz CT molecular complexity index is 832. The fraction of sp³-hybridized carbons (Fsp3) is 0.143. The number of carboxylic acids is 1. The standard InChI is InChI=1S/C14H12FN3O2/c1-17-7-10(9-4-3-8(15)5-12(9)17)11-6-13(14(19)20)18(2)16-11/h3-7H,1-2H3,(H,19,20). The molecule has 3 rings (SSSR count). The molecule has 2 aromatic heterocycles. The molecule has 0 radical (unpaired) electrons. The number of benzene rings is 1. The Balaban J connectivity index is 2.25. The van der Waals surface area contributed by atoms with E-state index in [9.17, 15) is 9.18 Å². The summed E-state index contributed by atoms with van der Waals surface area (Å²) in [6.07, 6.45) is 1.82. The maximum absolute atomic E-state index is 13.3. The predicted octanol–water partition coefficient (Wildman–Crippen LogP) is 2.42. The smallest absolute Gasteiger partial charge is 0.354 e. The molecule has 20 heavy (non-hydrogen) atoms. The van der Waals surface area contributed by atoms with Crippen molar-refractivity contribution >= 4 is 16.9 Å². The minimum Gasteiger partial charge on any atom is -0.477 e. The van der Waals surface area contributed by atoms with Gasteiger partial charge in [0.2, 0.25) is 0 Å². The first-order chi connectivity index (χ1) is 9.47. The van der Waals surface area contributed by atoms with E-state index in [2.05, 4.69) is 5.10 Å². The third kappa shape index (κ3) is 1.77. The van der Waals surface area contributed by atoms with Crippen LogP contribution in [0, 0.1) is 5.82 Å². The van der Waals surface area contributed by atoms with E-state index < -0.39 is 5.97 Å². The molecule has 3 aromatic rings. The molecule has 2 heterocycles. The van der Waals surface area contributed by atoms with E-state index >= 15 is 0 Å². The largest absolute Gasteiger partial charge is 0.477 e. The van der Waals surface area contributed by atoms with Crippen molar-refractivity contribution in [2.45, 2.75) is 0 Å². The summed E-state index contributed by atoms with van der Waals surface area (Å²) < 4.78 is 16.4. The minimum absolute atomic E-state index is 0.110. The summed E-state index contributed by atoms with van der Waals surface area (Å²) >= 11 is 0. The average Bonchev–Trinajstić information content (AvgIpc) is 2.91. The van der Waals surface area contributed by atoms with Crippen LogP contribution in [0.4, 0.5) is 4.39 Å². The Hall–Kier alpha value is -2.63. The van der Waals surface area contributed by atoms with Crippen molar-refractivity contribution in [1.29, 1.82) is 0 Å². The van der Waals surface area contributed by atoms with Crippen molar-refractivity contribution in [3.05, 3.63) is 42.0 Å². The maximum atomic E-state index is 13.3. The monoisotopic (exact) mass is 273 g/mol. The third-order valence-electron chi connectivity index (χ3n) is 3.33. The van der Waals surface area contributed by atoms with Crippen LogP contribution in [-0.2, 0) is 14.1 Å². The molecule has 1 N–H and O–H groups in total. The van der Waals surface area contributed by atoms with Crippen molar-refractivity contribution in [2.75, 3.05) is 0 Å². The number of hydrogen-bond donors (Lipinski definition) is 1. The van der Waals surface area contributed by atoms with E-state index in [-0.39, 0.29) is 11.5 Å². The van der Waals surface area contributed by atoms with Gasteiger partial charge in [0, 0.05) is 31.2 Å². The molecule has 0 aliphatic heterocycles. The van der Waals surface area contributed by atoms with Crippen molar-refractivity contribution < 1.29 is 14.3 Å². The topological polar surface area (TPSA) is 60.0 Å². The van der Waals surface area contributed by atoms with Crippen LogP contribution in [0.1, 0.15) is 10.5 Å². The van der Waals surface area contributed by atoms with Gasteiger partial charge in [0.05, 0.1) is 11.2 Å². The zero-order valence-corrected chi connectivity index (χ0v) is 11.0. The van der Waals surface area contributed by atoms with E-state index in [1.165, 1.54) is 22.9 Å². The van der Waals surface area contributed by atoms with Gasteiger partial charge in [0.1, 0.15) is 11.5 Å². The van der Waals surface area contributed by atoms with Crippen LogP contribution in [0.2, 0.25) is 0 Å². The summed E-state index contributed by atoms with van der Waals surface area (Å²) in [5.74, 6) is -1.34. The quantitative estimate of drug-likeness (QED) is 0.780. The number of nitrogens with zero attached hydrogens (tertiary/aromatic N) is 3. The SMILES string of the molecule is Cn1nc(-c2cn(C)c3cc(F)ccc23)cc1C(=O)O. The van der Waals surface area contributed by atoms with Crippen LogP contribution in [0.3, 0.4) is 0 Å². The van der Waals surface area contributed by atoms with Crippen molar-refractivity contribution in [3.8, 4) is 11.3 Å². The summed E-state index contributed by atoms with van der Waals surface area (Å²) in [4.78, 5) is 11.1. The number of carbonyl (C=O) groups is 1. The van der Waals surface area contributed by atoms with Crippen LogP contribution in [0.15, 0.2) is 30.5 Å². The van der Waals surface area contributed by atoms with Gasteiger partial charge < -0.3 is 9.67 Å². The summed E-state index contributed by atoms with van der Waals surface area (Å²) in [5.41, 5.74) is 2.19. The molecular formula is C14H12FN3O2. The van der Waals surface area contributed by atoms with Gasteiger partial charge in [-0.2, -0.15) is 5.10 Å². The van der Waals surface area contributed by atoms with Crippen LogP contribution >= 0.6 is 0 Å². The highest BCUT2D eigenvalue weighted by atomic mass is 19.1. The Labute approximate surface area is 113 Å². The lowest BCUT2D eigenvalue weighted by molar-refractivity contribution is 0.0685. The summed E-state index contributed by atoms with van der Waals surface area (Å²) in [7, 11) is 3.39. The average molecular weight is 273 g/mol. The van der Waals surface area contributed by atoms with Gasteiger partial charge in [-0.3, -0.25) is 4.68 Å². The highest BCUT2D eigenvalue weighted by Gasteiger charge is 2.16. The van der Waals surface area contributed by atoms with Gasteiger partial charge in [-0.05, 0) is 24.3 Å². The lowest BCUT2D eigenvalue weighted by atomic mass is 10.1. The van der Waals surface area contributed by atoms with Gasteiger partial charge in [0.25, 0.3) is 0 Å². The third-order valence-corrected chi connectivity index (χ3v) is 3.33. The lowest BCUT2D eigenvalue weighted by Gasteiger charge is -1.95. The fourth-order valence-corrected chi connectivity index (χ4v) is 2.36. The second-order valence-corrected chi connectivity index (χ2v) is 4.66. The Morgan fingerprint density at radius 2 is 2.05 bits per heavy atom. The van der Waals surface area contributed by atoms with Gasteiger partial charge in [-0.1, -0.05) is 0 Å². The van der Waals surface area contributed by atoms with Crippen LogP contribution in [-0.4, -0.2) is 25.4 Å². The number of halogens is 1. The van der Waals surface area contributed by atoms with Crippen molar-refractivity contribution in [2.24, 2.45) is 14.1 Å². The summed E-state index contributed by atoms with van der Waals surface area (Å²) in [6.45, 7) is 0. The number of aryl methyl sites for hydroxylation is 2. The van der Waals surface area contributed by atoms with Gasteiger partial charge in [-0.25, -0.2) is 9.18 Å². The highest BCUT2D eigenvalue weighted by Crippen LogP contribution is 2.30. The minimum atomic E-state index is -1.03. The van der Waals surface area contributed by atoms with E-state index in [0.29, 0.717) is 5.69 Å². The summed E-state index contributed by atoms with van der Waals surface area (Å²) in [6, 6.07) is 6.02. The van der Waals surface area contributed by atoms with E-state index in [0.717, 1.165) is 16.5 Å². The number of hydrogen-bond acceptors (Lipinski definition) is 2. The molecule has 0 unspecified atom stereocenters. The molecular weight excluding hydrogens is 261 g/mol. The number of aromatic nitrogens is 3. The number of aromatic carboxylic acids is 1. The predicted molar refractivity (Wildman–Crippen MR) is 72.0 cm³/mol.